The van der Waals surface area contributed by atoms with Gasteiger partial charge in [0.1, 0.15) is 0 Å². The fraction of sp³-hybridized carbons (Fsp3) is 0.182. The van der Waals surface area contributed by atoms with Crippen molar-refractivity contribution < 1.29 is 9.37 Å². The van der Waals surface area contributed by atoms with Crippen LogP contribution in [0.25, 0.3) is 0 Å². The van der Waals surface area contributed by atoms with Gasteiger partial charge in [-0.1, -0.05) is 11.6 Å². The Bertz CT molecular complexity index is 434. The first-order valence-corrected chi connectivity index (χ1v) is 4.99. The van der Waals surface area contributed by atoms with E-state index in [1.807, 2.05) is 10.8 Å². The standard InChI is InChI=1S/C11H10ClN2O/c12-10-3-1-9(2-4-10)11(15)7-14-6-5-13-8-14/h1-6H,7-8H2/q+1. The molecule has 1 heterocycles. The third-order valence-electron chi connectivity index (χ3n) is 2.16. The van der Waals surface area contributed by atoms with Crippen LogP contribution < -0.4 is 0 Å². The van der Waals surface area contributed by atoms with Crippen molar-refractivity contribution in [3.05, 3.63) is 34.9 Å². The molecule has 2 rings (SSSR count). The highest BCUT2D eigenvalue weighted by Crippen LogP contribution is 2.10. The first-order chi connectivity index (χ1) is 7.25. The van der Waals surface area contributed by atoms with Crippen molar-refractivity contribution in [1.29, 1.82) is 0 Å². The van der Waals surface area contributed by atoms with Crippen LogP contribution in [0.15, 0.2) is 29.3 Å². The minimum absolute atomic E-state index is 0.0772. The van der Waals surface area contributed by atoms with Gasteiger partial charge in [0.25, 0.3) is 0 Å². The summed E-state index contributed by atoms with van der Waals surface area (Å²) in [5.74, 6) is 0.0772. The van der Waals surface area contributed by atoms with E-state index in [-0.39, 0.29) is 5.78 Å². The molecule has 0 saturated heterocycles. The second-order valence-electron chi connectivity index (χ2n) is 3.30. The molecule has 0 aliphatic carbocycles. The zero-order valence-electron chi connectivity index (χ0n) is 8.06. The van der Waals surface area contributed by atoms with Gasteiger partial charge in [-0.3, -0.25) is 4.79 Å². The number of hydrogen-bond acceptors (Lipinski definition) is 2. The van der Waals surface area contributed by atoms with Crippen LogP contribution in [0.2, 0.25) is 5.02 Å². The van der Waals surface area contributed by atoms with Gasteiger partial charge in [0.15, 0.2) is 6.21 Å². The number of hydrogen-bond donors (Lipinski definition) is 0. The lowest BCUT2D eigenvalue weighted by Gasteiger charge is -1.98. The van der Waals surface area contributed by atoms with Crippen LogP contribution in [0, 0.1) is 0 Å². The Balaban J connectivity index is 2.05. The summed E-state index contributed by atoms with van der Waals surface area (Å²) in [5, 5.41) is 0.641. The predicted molar refractivity (Wildman–Crippen MR) is 60.3 cm³/mol. The van der Waals surface area contributed by atoms with Gasteiger partial charge < -0.3 is 0 Å². The highest BCUT2D eigenvalue weighted by atomic mass is 35.5. The second-order valence-corrected chi connectivity index (χ2v) is 3.74. The van der Waals surface area contributed by atoms with E-state index in [2.05, 4.69) is 4.99 Å². The Morgan fingerprint density at radius 1 is 1.40 bits per heavy atom. The topological polar surface area (TPSA) is 32.4 Å². The van der Waals surface area contributed by atoms with E-state index in [0.29, 0.717) is 23.8 Å². The molecule has 0 amide bonds. The quantitative estimate of drug-likeness (QED) is 0.564. The van der Waals surface area contributed by atoms with E-state index in [4.69, 9.17) is 11.6 Å². The van der Waals surface area contributed by atoms with Crippen molar-refractivity contribution in [3.8, 4) is 0 Å². The average Bonchev–Trinajstić information content (AvgIpc) is 2.71. The molecule has 0 spiro atoms. The van der Waals surface area contributed by atoms with Crippen LogP contribution >= 0.6 is 11.6 Å². The number of benzene rings is 1. The monoisotopic (exact) mass is 221 g/mol. The molecule has 3 nitrogen and oxygen atoms in total. The normalized spacial score (nSPS) is 14.1. The molecule has 0 atom stereocenters. The van der Waals surface area contributed by atoms with Crippen molar-refractivity contribution in [2.45, 2.75) is 0 Å². The number of rotatable bonds is 3. The third-order valence-corrected chi connectivity index (χ3v) is 2.41. The lowest BCUT2D eigenvalue weighted by atomic mass is 10.1. The average molecular weight is 222 g/mol. The Kier molecular flexibility index (Phi) is 2.92. The predicted octanol–water partition coefficient (Wildman–Crippen LogP) is 1.65. The minimum Gasteiger partial charge on any atom is -0.287 e. The molecule has 1 aromatic rings. The number of Topliss-reactive ketones (excluding diaryl/α,β-unsaturated/α-hetero) is 1. The summed E-state index contributed by atoms with van der Waals surface area (Å²) >= 11 is 5.74. The lowest BCUT2D eigenvalue weighted by molar-refractivity contribution is -0.503. The van der Waals surface area contributed by atoms with E-state index in [1.165, 1.54) is 0 Å². The van der Waals surface area contributed by atoms with Crippen molar-refractivity contribution >= 4 is 29.8 Å². The molecular formula is C11H10ClN2O+. The summed E-state index contributed by atoms with van der Waals surface area (Å²) in [6.45, 7) is 0.932. The number of halogens is 1. The van der Waals surface area contributed by atoms with Crippen LogP contribution in [-0.2, 0) is 0 Å². The van der Waals surface area contributed by atoms with E-state index in [0.717, 1.165) is 0 Å². The zero-order valence-corrected chi connectivity index (χ0v) is 8.81. The van der Waals surface area contributed by atoms with Crippen molar-refractivity contribution in [3.63, 3.8) is 0 Å². The summed E-state index contributed by atoms with van der Waals surface area (Å²) in [5.41, 5.74) is 0.680. The highest BCUT2D eigenvalue weighted by molar-refractivity contribution is 6.30. The summed E-state index contributed by atoms with van der Waals surface area (Å²) < 4.78 is 1.86. The largest absolute Gasteiger partial charge is 0.287 e. The highest BCUT2D eigenvalue weighted by Gasteiger charge is 2.14. The number of ketones is 1. The molecule has 0 radical (unpaired) electrons. The first kappa shape index (κ1) is 10.1. The van der Waals surface area contributed by atoms with Gasteiger partial charge >= 0.3 is 0 Å². The Labute approximate surface area is 92.7 Å². The molecule has 76 valence electrons. The SMILES string of the molecule is O=C(C[N+]1=CC=NC1)c1ccc(Cl)cc1. The molecule has 4 heteroatoms. The molecule has 0 unspecified atom stereocenters. The molecule has 1 aliphatic heterocycles. The molecule has 0 fully saturated rings. The fourth-order valence-electron chi connectivity index (χ4n) is 1.35. The smallest absolute Gasteiger partial charge is 0.236 e. The Morgan fingerprint density at radius 2 is 2.13 bits per heavy atom. The lowest BCUT2D eigenvalue weighted by Crippen LogP contribution is -2.19. The number of carbonyl (C=O) groups is 1. The minimum atomic E-state index is 0.0772. The maximum atomic E-state index is 11.8. The van der Waals surface area contributed by atoms with Gasteiger partial charge in [-0.05, 0) is 24.3 Å². The van der Waals surface area contributed by atoms with Gasteiger partial charge in [-0.25, -0.2) is 9.57 Å². The third kappa shape index (κ3) is 2.50. The van der Waals surface area contributed by atoms with Crippen LogP contribution in [0.5, 0.6) is 0 Å². The number of carbonyl (C=O) groups excluding carboxylic acids is 1. The van der Waals surface area contributed by atoms with Crippen LogP contribution in [0.3, 0.4) is 0 Å². The molecule has 0 saturated carbocycles. The first-order valence-electron chi connectivity index (χ1n) is 4.62. The number of nitrogens with zero attached hydrogens (tertiary/aromatic N) is 2. The molecule has 0 bridgehead atoms. The molecule has 0 aromatic heterocycles. The van der Waals surface area contributed by atoms with E-state index < -0.39 is 0 Å². The maximum Gasteiger partial charge on any atom is 0.236 e. The van der Waals surface area contributed by atoms with Gasteiger partial charge in [0.05, 0.1) is 6.21 Å². The fourth-order valence-corrected chi connectivity index (χ4v) is 1.48. The molecular weight excluding hydrogens is 212 g/mol. The molecule has 0 N–H and O–H groups in total. The molecule has 1 aromatic carbocycles. The second kappa shape index (κ2) is 4.36. The van der Waals surface area contributed by atoms with Crippen LogP contribution in [0.4, 0.5) is 0 Å². The van der Waals surface area contributed by atoms with Crippen molar-refractivity contribution in [2.75, 3.05) is 13.2 Å². The van der Waals surface area contributed by atoms with Gasteiger partial charge in [-0.2, -0.15) is 0 Å². The summed E-state index contributed by atoms with van der Waals surface area (Å²) in [7, 11) is 0. The molecule has 1 aliphatic rings. The van der Waals surface area contributed by atoms with E-state index >= 15 is 0 Å². The van der Waals surface area contributed by atoms with Crippen molar-refractivity contribution in [1.82, 2.24) is 0 Å². The van der Waals surface area contributed by atoms with Gasteiger partial charge in [0.2, 0.25) is 19.0 Å². The van der Waals surface area contributed by atoms with Gasteiger partial charge in [0, 0.05) is 10.6 Å². The van der Waals surface area contributed by atoms with Crippen LogP contribution in [0.1, 0.15) is 10.4 Å². The number of aliphatic imine (C=N–C) groups is 1. The van der Waals surface area contributed by atoms with Crippen molar-refractivity contribution in [2.24, 2.45) is 4.99 Å². The molecule has 15 heavy (non-hydrogen) atoms. The Morgan fingerprint density at radius 3 is 2.73 bits per heavy atom. The van der Waals surface area contributed by atoms with E-state index in [1.54, 1.807) is 30.5 Å². The summed E-state index contributed by atoms with van der Waals surface area (Å²) in [6.07, 6.45) is 3.52. The maximum absolute atomic E-state index is 11.8. The zero-order chi connectivity index (χ0) is 10.7. The Hall–Kier alpha value is -1.48. The van der Waals surface area contributed by atoms with E-state index in [9.17, 15) is 4.79 Å². The van der Waals surface area contributed by atoms with Crippen LogP contribution in [-0.4, -0.2) is 36.0 Å². The summed E-state index contributed by atoms with van der Waals surface area (Å²) in [6, 6.07) is 6.92. The van der Waals surface area contributed by atoms with Gasteiger partial charge in [-0.15, -0.1) is 0 Å². The summed E-state index contributed by atoms with van der Waals surface area (Å²) in [4.78, 5) is 15.7.